The van der Waals surface area contributed by atoms with Gasteiger partial charge in [-0.25, -0.2) is 0 Å². The Morgan fingerprint density at radius 3 is 1.48 bits per heavy atom. The van der Waals surface area contributed by atoms with Crippen molar-refractivity contribution in [3.05, 3.63) is 96.5 Å². The second-order valence-corrected chi connectivity index (χ2v) is 5.64. The molecule has 0 atom stereocenters. The lowest BCUT2D eigenvalue weighted by Crippen LogP contribution is -1.83. The van der Waals surface area contributed by atoms with E-state index in [-0.39, 0.29) is 0 Å². The summed E-state index contributed by atoms with van der Waals surface area (Å²) in [5.74, 6) is 0. The van der Waals surface area contributed by atoms with Gasteiger partial charge in [-0.2, -0.15) is 0 Å². The highest BCUT2D eigenvalue weighted by Gasteiger charge is 1.90. The largest absolute Gasteiger partial charge is 0.473 e. The van der Waals surface area contributed by atoms with Gasteiger partial charge in [0, 0.05) is 0 Å². The number of unbranched alkanes of at least 4 members (excludes halogenated alkanes) is 2. The number of hydrogen-bond acceptors (Lipinski definition) is 1. The van der Waals surface area contributed by atoms with Crippen LogP contribution >= 0.6 is 0 Å². The van der Waals surface area contributed by atoms with Crippen LogP contribution < -0.4 is 0 Å². The molecule has 0 heterocycles. The molecule has 0 fully saturated rings. The summed E-state index contributed by atoms with van der Waals surface area (Å²) >= 11 is 0. The molecule has 0 bridgehead atoms. The molecular weight excluding hydrogens is 280 g/mol. The van der Waals surface area contributed by atoms with Gasteiger partial charge in [-0.05, 0) is 61.8 Å². The van der Waals surface area contributed by atoms with E-state index in [0.29, 0.717) is 0 Å². The molecule has 23 heavy (non-hydrogen) atoms. The molecule has 0 aromatic heterocycles. The van der Waals surface area contributed by atoms with E-state index in [4.69, 9.17) is 4.74 Å². The minimum Gasteiger partial charge on any atom is -0.473 e. The van der Waals surface area contributed by atoms with Gasteiger partial charge in [-0.1, -0.05) is 60.7 Å². The van der Waals surface area contributed by atoms with Crippen LogP contribution in [-0.4, -0.2) is 0 Å². The minimum atomic E-state index is 1.05. The summed E-state index contributed by atoms with van der Waals surface area (Å²) in [5, 5.41) is 0. The summed E-state index contributed by atoms with van der Waals surface area (Å²) in [6.45, 7) is 0. The summed E-state index contributed by atoms with van der Waals surface area (Å²) in [6, 6.07) is 21.2. The number of rotatable bonds is 10. The van der Waals surface area contributed by atoms with Gasteiger partial charge in [0.2, 0.25) is 0 Å². The minimum absolute atomic E-state index is 1.05. The van der Waals surface area contributed by atoms with Crippen LogP contribution in [0.5, 0.6) is 0 Å². The molecule has 2 rings (SSSR count). The van der Waals surface area contributed by atoms with Crippen LogP contribution in [0.2, 0.25) is 0 Å². The lowest BCUT2D eigenvalue weighted by molar-refractivity contribution is 0.398. The number of benzene rings is 2. The van der Waals surface area contributed by atoms with Crippen molar-refractivity contribution in [1.82, 2.24) is 0 Å². The van der Waals surface area contributed by atoms with Crippen LogP contribution in [0.25, 0.3) is 0 Å². The van der Waals surface area contributed by atoms with Crippen LogP contribution in [0.15, 0.2) is 85.3 Å². The van der Waals surface area contributed by atoms with Gasteiger partial charge in [-0.3, -0.25) is 0 Å². The molecule has 0 aliphatic heterocycles. The molecule has 0 saturated heterocycles. The van der Waals surface area contributed by atoms with E-state index in [9.17, 15) is 0 Å². The Balaban J connectivity index is 1.46. The van der Waals surface area contributed by atoms with Crippen LogP contribution in [0, 0.1) is 0 Å². The first kappa shape index (κ1) is 17.1. The highest BCUT2D eigenvalue weighted by atomic mass is 16.5. The number of ether oxygens (including phenoxy) is 1. The van der Waals surface area contributed by atoms with Gasteiger partial charge < -0.3 is 4.74 Å². The van der Waals surface area contributed by atoms with E-state index >= 15 is 0 Å². The summed E-state index contributed by atoms with van der Waals surface area (Å²) in [5.41, 5.74) is 2.81. The van der Waals surface area contributed by atoms with Crippen LogP contribution in [0.4, 0.5) is 0 Å². The third-order valence-corrected chi connectivity index (χ3v) is 3.71. The standard InChI is InChI=1S/C22H26O/c1-5-13-21(14-6-1)17-9-3-11-19-23-20-12-4-10-18-22-15-7-2-8-16-22/h1-2,5-8,11-16,19-20H,3-4,9-10,17-18H2. The van der Waals surface area contributed by atoms with E-state index in [1.165, 1.54) is 11.1 Å². The number of hydrogen-bond donors (Lipinski definition) is 0. The van der Waals surface area contributed by atoms with Crippen molar-refractivity contribution in [2.45, 2.75) is 38.5 Å². The molecule has 0 aliphatic carbocycles. The summed E-state index contributed by atoms with van der Waals surface area (Å²) in [4.78, 5) is 0. The zero-order valence-corrected chi connectivity index (χ0v) is 13.7. The number of allylic oxidation sites excluding steroid dienone is 2. The molecule has 2 aromatic carbocycles. The summed E-state index contributed by atoms with van der Waals surface area (Å²) < 4.78 is 5.38. The van der Waals surface area contributed by atoms with Gasteiger partial charge in [0.25, 0.3) is 0 Å². The van der Waals surface area contributed by atoms with E-state index in [2.05, 4.69) is 72.8 Å². The first-order valence-corrected chi connectivity index (χ1v) is 8.48. The third-order valence-electron chi connectivity index (χ3n) is 3.71. The molecule has 1 nitrogen and oxygen atoms in total. The lowest BCUT2D eigenvalue weighted by Gasteiger charge is -1.98. The van der Waals surface area contributed by atoms with Gasteiger partial charge in [0.05, 0.1) is 12.5 Å². The summed E-state index contributed by atoms with van der Waals surface area (Å²) in [7, 11) is 0. The third kappa shape index (κ3) is 8.06. The molecule has 0 aliphatic rings. The Kier molecular flexibility index (Phi) is 8.40. The van der Waals surface area contributed by atoms with Crippen LogP contribution in [0.1, 0.15) is 36.8 Å². The fourth-order valence-electron chi connectivity index (χ4n) is 2.43. The molecule has 1 heteroatoms. The fraction of sp³-hybridized carbons (Fsp3) is 0.273. The second-order valence-electron chi connectivity index (χ2n) is 5.64. The van der Waals surface area contributed by atoms with Crippen LogP contribution in [0.3, 0.4) is 0 Å². The quantitative estimate of drug-likeness (QED) is 0.382. The Bertz CT molecular complexity index is 516. The molecule has 0 spiro atoms. The maximum absolute atomic E-state index is 5.38. The van der Waals surface area contributed by atoms with Gasteiger partial charge in [0.15, 0.2) is 0 Å². The maximum atomic E-state index is 5.38. The molecule has 0 saturated carbocycles. The molecule has 0 N–H and O–H groups in total. The van der Waals surface area contributed by atoms with Crippen molar-refractivity contribution in [1.29, 1.82) is 0 Å². The molecule has 0 amide bonds. The Hall–Kier alpha value is -2.28. The Morgan fingerprint density at radius 1 is 0.609 bits per heavy atom. The molecule has 0 radical (unpaired) electrons. The monoisotopic (exact) mass is 306 g/mol. The average molecular weight is 306 g/mol. The van der Waals surface area contributed by atoms with Gasteiger partial charge >= 0.3 is 0 Å². The zero-order valence-electron chi connectivity index (χ0n) is 13.7. The van der Waals surface area contributed by atoms with E-state index < -0.39 is 0 Å². The van der Waals surface area contributed by atoms with E-state index in [0.717, 1.165) is 38.5 Å². The Morgan fingerprint density at radius 2 is 1.04 bits per heavy atom. The zero-order chi connectivity index (χ0) is 16.0. The molecule has 0 unspecified atom stereocenters. The van der Waals surface area contributed by atoms with E-state index in [1.807, 2.05) is 0 Å². The lowest BCUT2D eigenvalue weighted by atomic mass is 10.1. The van der Waals surface area contributed by atoms with Gasteiger partial charge in [0.1, 0.15) is 0 Å². The second kappa shape index (κ2) is 11.3. The first-order chi connectivity index (χ1) is 11.4. The molecule has 2 aromatic rings. The Labute approximate surface area is 140 Å². The van der Waals surface area contributed by atoms with E-state index in [1.54, 1.807) is 12.5 Å². The van der Waals surface area contributed by atoms with Crippen molar-refractivity contribution in [2.24, 2.45) is 0 Å². The average Bonchev–Trinajstić information content (AvgIpc) is 2.61. The van der Waals surface area contributed by atoms with Crippen molar-refractivity contribution in [2.75, 3.05) is 0 Å². The predicted molar refractivity (Wildman–Crippen MR) is 98.1 cm³/mol. The van der Waals surface area contributed by atoms with Crippen molar-refractivity contribution >= 4 is 0 Å². The SMILES string of the molecule is C(=COC=CCCCc1ccccc1)CCCc1ccccc1. The van der Waals surface area contributed by atoms with Crippen molar-refractivity contribution in [3.63, 3.8) is 0 Å². The highest BCUT2D eigenvalue weighted by Crippen LogP contribution is 2.06. The van der Waals surface area contributed by atoms with Crippen LogP contribution in [-0.2, 0) is 17.6 Å². The topological polar surface area (TPSA) is 9.23 Å². The fourth-order valence-corrected chi connectivity index (χ4v) is 2.43. The number of aryl methyl sites for hydroxylation is 2. The highest BCUT2D eigenvalue weighted by molar-refractivity contribution is 5.15. The normalized spacial score (nSPS) is 11.3. The van der Waals surface area contributed by atoms with Gasteiger partial charge in [-0.15, -0.1) is 0 Å². The van der Waals surface area contributed by atoms with Crippen molar-refractivity contribution in [3.8, 4) is 0 Å². The molecule has 120 valence electrons. The smallest absolute Gasteiger partial charge is 0.0861 e. The first-order valence-electron chi connectivity index (χ1n) is 8.48. The summed E-state index contributed by atoms with van der Waals surface area (Å²) in [6.07, 6.45) is 14.4. The predicted octanol–water partition coefficient (Wildman–Crippen LogP) is 6.08. The maximum Gasteiger partial charge on any atom is 0.0861 e. The van der Waals surface area contributed by atoms with Crippen molar-refractivity contribution < 1.29 is 4.74 Å². The molecular formula is C22H26O.